The second kappa shape index (κ2) is 10.6. The van der Waals surface area contributed by atoms with Crippen molar-refractivity contribution in [3.63, 3.8) is 0 Å². The molecule has 3 aromatic rings. The molecular formula is C23H23N3O4S. The molecular weight excluding hydrogens is 414 g/mol. The van der Waals surface area contributed by atoms with Crippen LogP contribution in [0.5, 0.6) is 0 Å². The van der Waals surface area contributed by atoms with Gasteiger partial charge in [-0.3, -0.25) is 0 Å². The van der Waals surface area contributed by atoms with Gasteiger partial charge >= 0.3 is 11.9 Å². The van der Waals surface area contributed by atoms with E-state index in [9.17, 15) is 9.59 Å². The van der Waals surface area contributed by atoms with E-state index in [2.05, 4.69) is 52.4 Å². The van der Waals surface area contributed by atoms with E-state index >= 15 is 0 Å². The van der Waals surface area contributed by atoms with Gasteiger partial charge in [-0.05, 0) is 49.4 Å². The van der Waals surface area contributed by atoms with E-state index in [1.165, 1.54) is 26.9 Å². The van der Waals surface area contributed by atoms with E-state index in [-0.39, 0.29) is 0 Å². The summed E-state index contributed by atoms with van der Waals surface area (Å²) in [6, 6.07) is 12.6. The molecule has 0 saturated carbocycles. The van der Waals surface area contributed by atoms with Crippen molar-refractivity contribution >= 4 is 40.2 Å². The highest BCUT2D eigenvalue weighted by atomic mass is 32.2. The Bertz CT molecular complexity index is 1110. The third-order valence-corrected chi connectivity index (χ3v) is 5.58. The first-order chi connectivity index (χ1) is 14.9. The number of aliphatic carboxylic acids is 2. The lowest BCUT2D eigenvalue weighted by Crippen LogP contribution is -2.23. The van der Waals surface area contributed by atoms with E-state index in [1.54, 1.807) is 11.8 Å². The number of nitrogens with zero attached hydrogens (tertiary/aromatic N) is 2. The summed E-state index contributed by atoms with van der Waals surface area (Å²) in [6.45, 7) is 2.16. The van der Waals surface area contributed by atoms with Crippen molar-refractivity contribution in [1.29, 1.82) is 0 Å². The molecule has 0 unspecified atom stereocenters. The van der Waals surface area contributed by atoms with Crippen LogP contribution >= 0.6 is 11.8 Å². The Labute approximate surface area is 184 Å². The summed E-state index contributed by atoms with van der Waals surface area (Å²) in [5.41, 5.74) is 4.00. The monoisotopic (exact) mass is 437 g/mol. The zero-order valence-corrected chi connectivity index (χ0v) is 17.8. The number of aromatic nitrogens is 2. The lowest BCUT2D eigenvalue weighted by Gasteiger charge is -2.21. The number of likely N-dealkylation sites (N-methyl/N-ethyl adjacent to an activating group) is 1. The Hall–Kier alpha value is -3.36. The molecule has 3 N–H and O–H groups in total. The van der Waals surface area contributed by atoms with E-state index < -0.39 is 11.9 Å². The number of aromatic amines is 1. The van der Waals surface area contributed by atoms with Crippen LogP contribution < -0.4 is 0 Å². The molecule has 8 heteroatoms. The zero-order valence-electron chi connectivity index (χ0n) is 17.0. The van der Waals surface area contributed by atoms with Gasteiger partial charge in [-0.15, -0.1) is 0 Å². The van der Waals surface area contributed by atoms with Crippen molar-refractivity contribution in [3.05, 3.63) is 72.6 Å². The molecule has 0 fully saturated rings. The van der Waals surface area contributed by atoms with Gasteiger partial charge in [-0.25, -0.2) is 14.6 Å². The Morgan fingerprint density at radius 2 is 1.94 bits per heavy atom. The molecule has 0 amide bonds. The molecule has 160 valence electrons. The molecule has 0 radical (unpaired) electrons. The van der Waals surface area contributed by atoms with Gasteiger partial charge < -0.3 is 20.1 Å². The molecule has 3 heterocycles. The van der Waals surface area contributed by atoms with E-state index in [1.807, 2.05) is 24.4 Å². The number of pyridine rings is 1. The summed E-state index contributed by atoms with van der Waals surface area (Å²) < 4.78 is 0. The van der Waals surface area contributed by atoms with Crippen LogP contribution in [0.3, 0.4) is 0 Å². The van der Waals surface area contributed by atoms with Crippen LogP contribution in [0.1, 0.15) is 12.0 Å². The molecule has 31 heavy (non-hydrogen) atoms. The molecule has 0 aliphatic carbocycles. The van der Waals surface area contributed by atoms with Crippen LogP contribution in [0, 0.1) is 0 Å². The van der Waals surface area contributed by atoms with Gasteiger partial charge in [0.15, 0.2) is 0 Å². The summed E-state index contributed by atoms with van der Waals surface area (Å²) in [5, 5.41) is 18.0. The highest BCUT2D eigenvalue weighted by Gasteiger charge is 2.14. The van der Waals surface area contributed by atoms with Crippen molar-refractivity contribution in [2.75, 3.05) is 20.1 Å². The van der Waals surface area contributed by atoms with Crippen molar-refractivity contribution in [1.82, 2.24) is 14.9 Å². The van der Waals surface area contributed by atoms with Crippen molar-refractivity contribution in [2.45, 2.75) is 16.3 Å². The fraction of sp³-hybridized carbons (Fsp3) is 0.174. The molecule has 1 aliphatic rings. The van der Waals surface area contributed by atoms with Crippen LogP contribution in [-0.2, 0) is 9.59 Å². The summed E-state index contributed by atoms with van der Waals surface area (Å²) in [5.74, 6) is -2.51. The van der Waals surface area contributed by atoms with E-state index in [4.69, 9.17) is 10.2 Å². The highest BCUT2D eigenvalue weighted by molar-refractivity contribution is 7.99. The normalized spacial score (nSPS) is 14.2. The minimum absolute atomic E-state index is 0.558. The third-order valence-electron chi connectivity index (χ3n) is 4.64. The maximum atomic E-state index is 9.55. The molecule has 0 bridgehead atoms. The lowest BCUT2D eigenvalue weighted by molar-refractivity contribution is -0.134. The highest BCUT2D eigenvalue weighted by Crippen LogP contribution is 2.33. The third kappa shape index (κ3) is 6.56. The Balaban J connectivity index is 0.000000293. The fourth-order valence-electron chi connectivity index (χ4n) is 3.12. The quantitative estimate of drug-likeness (QED) is 0.515. The maximum absolute atomic E-state index is 9.55. The number of carboxylic acid groups (broad SMARTS) is 2. The average Bonchev–Trinajstić information content (AvgIpc) is 3.17. The first kappa shape index (κ1) is 22.3. The fourth-order valence-corrected chi connectivity index (χ4v) is 3.93. The summed E-state index contributed by atoms with van der Waals surface area (Å²) in [4.78, 5) is 30.5. The maximum Gasteiger partial charge on any atom is 0.328 e. The van der Waals surface area contributed by atoms with Crippen LogP contribution in [0.2, 0.25) is 0 Å². The SMILES string of the molecule is CN1CC=C(c2c[nH]c3ccc(Sc4ccccn4)cc23)CC1.O=C(O)/C=C/C(=O)O. The Morgan fingerprint density at radius 1 is 1.16 bits per heavy atom. The molecule has 0 atom stereocenters. The standard InChI is InChI=1S/C19H19N3S.C4H4O4/c1-22-10-7-14(8-11-22)17-13-21-18-6-5-15(12-16(17)18)23-19-4-2-3-9-20-19;5-3(6)1-2-4(7)8/h2-7,9,12-13,21H,8,10-11H2,1H3;1-2H,(H,5,6)(H,7,8)/b;2-1+. The molecule has 1 aliphatic heterocycles. The number of hydrogen-bond donors (Lipinski definition) is 3. The summed E-state index contributed by atoms with van der Waals surface area (Å²) >= 11 is 1.71. The minimum Gasteiger partial charge on any atom is -0.478 e. The van der Waals surface area contributed by atoms with E-state index in [0.29, 0.717) is 12.2 Å². The molecule has 1 aromatic carbocycles. The zero-order chi connectivity index (χ0) is 22.2. The number of H-pyrrole nitrogens is 1. The van der Waals surface area contributed by atoms with Gasteiger partial charge in [0.05, 0.1) is 0 Å². The smallest absolute Gasteiger partial charge is 0.328 e. The predicted molar refractivity (Wildman–Crippen MR) is 121 cm³/mol. The van der Waals surface area contributed by atoms with Crippen molar-refractivity contribution in [2.24, 2.45) is 0 Å². The largest absolute Gasteiger partial charge is 0.478 e. The van der Waals surface area contributed by atoms with Crippen LogP contribution in [-0.4, -0.2) is 57.2 Å². The predicted octanol–water partition coefficient (Wildman–Crippen LogP) is 4.14. The molecule has 0 saturated heterocycles. The Kier molecular flexibility index (Phi) is 7.64. The molecule has 7 nitrogen and oxygen atoms in total. The number of hydrogen-bond acceptors (Lipinski definition) is 5. The number of carboxylic acids is 2. The van der Waals surface area contributed by atoms with Gasteiger partial charge in [0, 0.05) is 59.0 Å². The summed E-state index contributed by atoms with van der Waals surface area (Å²) in [7, 11) is 2.17. The van der Waals surface area contributed by atoms with Gasteiger partial charge in [0.1, 0.15) is 5.03 Å². The van der Waals surface area contributed by atoms with E-state index in [0.717, 1.165) is 24.5 Å². The van der Waals surface area contributed by atoms with Crippen molar-refractivity contribution in [3.8, 4) is 0 Å². The second-order valence-corrected chi connectivity index (χ2v) is 8.02. The Morgan fingerprint density at radius 3 is 2.55 bits per heavy atom. The average molecular weight is 438 g/mol. The summed E-state index contributed by atoms with van der Waals surface area (Å²) in [6.07, 6.45) is 8.57. The topological polar surface area (TPSA) is 107 Å². The molecule has 4 rings (SSSR count). The number of fused-ring (bicyclic) bond motifs is 1. The van der Waals surface area contributed by atoms with Gasteiger partial charge in [0.2, 0.25) is 0 Å². The minimum atomic E-state index is -1.26. The molecule has 0 spiro atoms. The van der Waals surface area contributed by atoms with Crippen LogP contribution in [0.4, 0.5) is 0 Å². The van der Waals surface area contributed by atoms with Crippen LogP contribution in [0.15, 0.2) is 76.9 Å². The van der Waals surface area contributed by atoms with Gasteiger partial charge in [0.25, 0.3) is 0 Å². The lowest BCUT2D eigenvalue weighted by atomic mass is 9.99. The number of benzene rings is 1. The first-order valence-corrected chi connectivity index (χ1v) is 10.5. The number of rotatable bonds is 5. The number of nitrogens with one attached hydrogen (secondary N) is 1. The van der Waals surface area contributed by atoms with Gasteiger partial charge in [-0.1, -0.05) is 23.9 Å². The first-order valence-electron chi connectivity index (χ1n) is 9.64. The van der Waals surface area contributed by atoms with Crippen LogP contribution in [0.25, 0.3) is 16.5 Å². The number of carbonyl (C=O) groups is 2. The molecule has 2 aromatic heterocycles. The van der Waals surface area contributed by atoms with Crippen molar-refractivity contribution < 1.29 is 19.8 Å². The van der Waals surface area contributed by atoms with Gasteiger partial charge in [-0.2, -0.15) is 0 Å². The second-order valence-electron chi connectivity index (χ2n) is 6.93.